The summed E-state index contributed by atoms with van der Waals surface area (Å²) in [5, 5.41) is 12.9. The summed E-state index contributed by atoms with van der Waals surface area (Å²) in [5.41, 5.74) is 1.09. The standard InChI is InChI=1S/C16H28N2O2/c1-4-18(5-2)12-11-17-16(13-19)14-7-9-15(10-8-14)20-6-3/h7-10,16-17,19H,4-6,11-13H2,1-3H3. The zero-order chi connectivity index (χ0) is 14.8. The van der Waals surface area contributed by atoms with Crippen LogP contribution in [-0.2, 0) is 0 Å². The number of likely N-dealkylation sites (N-methyl/N-ethyl adjacent to an activating group) is 1. The van der Waals surface area contributed by atoms with E-state index in [1.165, 1.54) is 0 Å². The molecular weight excluding hydrogens is 252 g/mol. The zero-order valence-electron chi connectivity index (χ0n) is 12.9. The number of hydrogen-bond acceptors (Lipinski definition) is 4. The largest absolute Gasteiger partial charge is 0.494 e. The summed E-state index contributed by atoms with van der Waals surface area (Å²) in [5.74, 6) is 0.871. The highest BCUT2D eigenvalue weighted by Crippen LogP contribution is 2.17. The number of nitrogens with one attached hydrogen (secondary N) is 1. The van der Waals surface area contributed by atoms with Gasteiger partial charge in [-0.3, -0.25) is 0 Å². The van der Waals surface area contributed by atoms with Crippen molar-refractivity contribution in [2.45, 2.75) is 26.8 Å². The molecule has 0 fully saturated rings. The van der Waals surface area contributed by atoms with Gasteiger partial charge in [0.2, 0.25) is 0 Å². The van der Waals surface area contributed by atoms with Crippen LogP contribution in [-0.4, -0.2) is 49.4 Å². The van der Waals surface area contributed by atoms with Gasteiger partial charge in [0.15, 0.2) is 0 Å². The number of hydrogen-bond donors (Lipinski definition) is 2. The van der Waals surface area contributed by atoms with E-state index in [1.807, 2.05) is 31.2 Å². The van der Waals surface area contributed by atoms with Crippen molar-refractivity contribution < 1.29 is 9.84 Å². The smallest absolute Gasteiger partial charge is 0.119 e. The van der Waals surface area contributed by atoms with Gasteiger partial charge < -0.3 is 20.1 Å². The van der Waals surface area contributed by atoms with E-state index < -0.39 is 0 Å². The first-order valence-corrected chi connectivity index (χ1v) is 7.54. The van der Waals surface area contributed by atoms with Crippen molar-refractivity contribution in [3.63, 3.8) is 0 Å². The molecule has 0 aromatic heterocycles. The van der Waals surface area contributed by atoms with Crippen LogP contribution in [0, 0.1) is 0 Å². The molecule has 4 heteroatoms. The second-order valence-corrected chi connectivity index (χ2v) is 4.72. The Morgan fingerprint density at radius 1 is 1.15 bits per heavy atom. The number of benzene rings is 1. The molecule has 1 aromatic rings. The Bertz CT molecular complexity index is 350. The Morgan fingerprint density at radius 2 is 1.80 bits per heavy atom. The van der Waals surface area contributed by atoms with E-state index >= 15 is 0 Å². The Kier molecular flexibility index (Phi) is 8.26. The van der Waals surface area contributed by atoms with Gasteiger partial charge in [0.1, 0.15) is 5.75 Å². The molecule has 2 N–H and O–H groups in total. The molecule has 0 heterocycles. The summed E-state index contributed by atoms with van der Waals surface area (Å²) >= 11 is 0. The predicted octanol–water partition coefficient (Wildman–Crippen LogP) is 2.05. The highest BCUT2D eigenvalue weighted by atomic mass is 16.5. The van der Waals surface area contributed by atoms with Gasteiger partial charge >= 0.3 is 0 Å². The lowest BCUT2D eigenvalue weighted by atomic mass is 10.1. The molecule has 0 aliphatic heterocycles. The molecule has 0 saturated heterocycles. The van der Waals surface area contributed by atoms with Crippen LogP contribution in [0.1, 0.15) is 32.4 Å². The van der Waals surface area contributed by atoms with Crippen LogP contribution < -0.4 is 10.1 Å². The maximum atomic E-state index is 9.52. The van der Waals surface area contributed by atoms with Crippen molar-refractivity contribution >= 4 is 0 Å². The molecule has 1 rings (SSSR count). The van der Waals surface area contributed by atoms with Gasteiger partial charge in [0, 0.05) is 13.1 Å². The molecule has 0 aliphatic rings. The first-order valence-electron chi connectivity index (χ1n) is 7.54. The lowest BCUT2D eigenvalue weighted by molar-refractivity contribution is 0.233. The fourth-order valence-electron chi connectivity index (χ4n) is 2.19. The van der Waals surface area contributed by atoms with Crippen molar-refractivity contribution in [3.8, 4) is 5.75 Å². The molecule has 0 radical (unpaired) electrons. The lowest BCUT2D eigenvalue weighted by Crippen LogP contribution is -2.34. The average Bonchev–Trinajstić information content (AvgIpc) is 2.49. The third-order valence-electron chi connectivity index (χ3n) is 3.49. The maximum Gasteiger partial charge on any atom is 0.119 e. The summed E-state index contributed by atoms with van der Waals surface area (Å²) in [4.78, 5) is 2.36. The third kappa shape index (κ3) is 5.49. The normalized spacial score (nSPS) is 12.7. The fraction of sp³-hybridized carbons (Fsp3) is 0.625. The molecule has 1 atom stereocenters. The van der Waals surface area contributed by atoms with Gasteiger partial charge in [0.05, 0.1) is 19.3 Å². The number of ether oxygens (including phenoxy) is 1. The Balaban J connectivity index is 2.48. The van der Waals surface area contributed by atoms with Crippen LogP contribution in [0.15, 0.2) is 24.3 Å². The molecule has 20 heavy (non-hydrogen) atoms. The van der Waals surface area contributed by atoms with E-state index in [2.05, 4.69) is 24.1 Å². The maximum absolute atomic E-state index is 9.52. The molecule has 0 spiro atoms. The van der Waals surface area contributed by atoms with E-state index in [0.717, 1.165) is 37.5 Å². The zero-order valence-corrected chi connectivity index (χ0v) is 12.9. The Morgan fingerprint density at radius 3 is 2.30 bits per heavy atom. The van der Waals surface area contributed by atoms with E-state index in [1.54, 1.807) is 0 Å². The summed E-state index contributed by atoms with van der Waals surface area (Å²) < 4.78 is 5.43. The molecule has 1 aromatic carbocycles. The fourth-order valence-corrected chi connectivity index (χ4v) is 2.19. The van der Waals surface area contributed by atoms with Crippen molar-refractivity contribution in [1.82, 2.24) is 10.2 Å². The first-order chi connectivity index (χ1) is 9.74. The molecular formula is C16H28N2O2. The van der Waals surface area contributed by atoms with Crippen LogP contribution in [0.5, 0.6) is 5.75 Å². The quantitative estimate of drug-likeness (QED) is 0.688. The van der Waals surface area contributed by atoms with Crippen LogP contribution in [0.3, 0.4) is 0 Å². The molecule has 0 bridgehead atoms. The van der Waals surface area contributed by atoms with Crippen molar-refractivity contribution in [1.29, 1.82) is 0 Å². The minimum atomic E-state index is -0.0127. The van der Waals surface area contributed by atoms with Gasteiger partial charge in [0.25, 0.3) is 0 Å². The minimum absolute atomic E-state index is 0.0127. The summed E-state index contributed by atoms with van der Waals surface area (Å²) in [6.07, 6.45) is 0. The van der Waals surface area contributed by atoms with Gasteiger partial charge in [-0.1, -0.05) is 26.0 Å². The van der Waals surface area contributed by atoms with E-state index in [0.29, 0.717) is 6.61 Å². The molecule has 114 valence electrons. The molecule has 0 aliphatic carbocycles. The lowest BCUT2D eigenvalue weighted by Gasteiger charge is -2.21. The van der Waals surface area contributed by atoms with Gasteiger partial charge in [-0.2, -0.15) is 0 Å². The molecule has 1 unspecified atom stereocenters. The summed E-state index contributed by atoms with van der Waals surface area (Å²) in [6.45, 7) is 11.1. The Hall–Kier alpha value is -1.10. The molecule has 0 amide bonds. The number of rotatable bonds is 10. The van der Waals surface area contributed by atoms with E-state index in [9.17, 15) is 5.11 Å². The van der Waals surface area contributed by atoms with Crippen LogP contribution in [0.25, 0.3) is 0 Å². The van der Waals surface area contributed by atoms with Crippen LogP contribution in [0.4, 0.5) is 0 Å². The molecule has 0 saturated carbocycles. The van der Waals surface area contributed by atoms with E-state index in [4.69, 9.17) is 4.74 Å². The van der Waals surface area contributed by atoms with Crippen molar-refractivity contribution in [3.05, 3.63) is 29.8 Å². The first kappa shape index (κ1) is 17.0. The Labute approximate surface area is 122 Å². The topological polar surface area (TPSA) is 44.7 Å². The SMILES string of the molecule is CCOc1ccc(C(CO)NCCN(CC)CC)cc1. The summed E-state index contributed by atoms with van der Waals surface area (Å²) in [7, 11) is 0. The van der Waals surface area contributed by atoms with Crippen LogP contribution >= 0.6 is 0 Å². The second-order valence-electron chi connectivity index (χ2n) is 4.72. The van der Waals surface area contributed by atoms with Gasteiger partial charge in [-0.15, -0.1) is 0 Å². The van der Waals surface area contributed by atoms with Crippen LogP contribution in [0.2, 0.25) is 0 Å². The number of aliphatic hydroxyl groups excluding tert-OH is 1. The minimum Gasteiger partial charge on any atom is -0.494 e. The highest BCUT2D eigenvalue weighted by Gasteiger charge is 2.10. The average molecular weight is 280 g/mol. The third-order valence-corrected chi connectivity index (χ3v) is 3.49. The van der Waals surface area contributed by atoms with Gasteiger partial charge in [-0.25, -0.2) is 0 Å². The monoisotopic (exact) mass is 280 g/mol. The number of aliphatic hydroxyl groups is 1. The second kappa shape index (κ2) is 9.75. The summed E-state index contributed by atoms with van der Waals surface area (Å²) in [6, 6.07) is 7.91. The van der Waals surface area contributed by atoms with Crippen molar-refractivity contribution in [2.75, 3.05) is 39.4 Å². The predicted molar refractivity (Wildman–Crippen MR) is 83.2 cm³/mol. The molecule has 4 nitrogen and oxygen atoms in total. The van der Waals surface area contributed by atoms with E-state index in [-0.39, 0.29) is 12.6 Å². The highest BCUT2D eigenvalue weighted by molar-refractivity contribution is 5.29. The van der Waals surface area contributed by atoms with Crippen molar-refractivity contribution in [2.24, 2.45) is 0 Å². The number of nitrogens with zero attached hydrogens (tertiary/aromatic N) is 1. The van der Waals surface area contributed by atoms with Gasteiger partial charge in [-0.05, 0) is 37.7 Å².